The lowest BCUT2D eigenvalue weighted by atomic mass is 10.1. The van der Waals surface area contributed by atoms with Gasteiger partial charge in [0, 0.05) is 28.7 Å². The van der Waals surface area contributed by atoms with Crippen LogP contribution in [0.4, 0.5) is 15.9 Å². The van der Waals surface area contributed by atoms with E-state index in [0.717, 1.165) is 36.6 Å². The Bertz CT molecular complexity index is 1010. The predicted molar refractivity (Wildman–Crippen MR) is 107 cm³/mol. The van der Waals surface area contributed by atoms with Crippen LogP contribution in [0.2, 0.25) is 0 Å². The number of aromatic nitrogens is 1. The van der Waals surface area contributed by atoms with Crippen molar-refractivity contribution in [3.63, 3.8) is 0 Å². The molecule has 0 radical (unpaired) electrons. The number of halogens is 1. The molecular formula is C22H23FN2O3. The average molecular weight is 382 g/mol. The van der Waals surface area contributed by atoms with Gasteiger partial charge in [0.1, 0.15) is 11.4 Å². The molecule has 28 heavy (non-hydrogen) atoms. The van der Waals surface area contributed by atoms with E-state index in [2.05, 4.69) is 4.98 Å². The summed E-state index contributed by atoms with van der Waals surface area (Å²) in [6.45, 7) is 0. The standard InChI is InChI=1S/C22H23FN2O3/c1-27-19-12-11-15(13-17(19)23)25(14-7-3-4-8-14)21-20(22(26)28-2)16-9-5-6-10-18(16)24-21/h5-6,9-14,24H,3-4,7-8H2,1-2H3. The highest BCUT2D eigenvalue weighted by atomic mass is 19.1. The highest BCUT2D eigenvalue weighted by Gasteiger charge is 2.31. The molecule has 0 aliphatic heterocycles. The van der Waals surface area contributed by atoms with E-state index < -0.39 is 11.8 Å². The maximum atomic E-state index is 14.5. The number of aromatic amines is 1. The summed E-state index contributed by atoms with van der Waals surface area (Å²) in [6, 6.07) is 12.7. The lowest BCUT2D eigenvalue weighted by molar-refractivity contribution is 0.0604. The molecule has 5 nitrogen and oxygen atoms in total. The Hall–Kier alpha value is -3.02. The molecule has 2 aromatic carbocycles. The third-order valence-corrected chi connectivity index (χ3v) is 5.42. The highest BCUT2D eigenvalue weighted by Crippen LogP contribution is 2.40. The molecule has 4 rings (SSSR count). The molecular weight excluding hydrogens is 359 g/mol. The van der Waals surface area contributed by atoms with Crippen molar-refractivity contribution >= 4 is 28.4 Å². The number of H-pyrrole nitrogens is 1. The fourth-order valence-electron chi connectivity index (χ4n) is 4.11. The minimum Gasteiger partial charge on any atom is -0.494 e. The Morgan fingerprint density at radius 3 is 2.57 bits per heavy atom. The van der Waals surface area contributed by atoms with Gasteiger partial charge in [0.05, 0.1) is 14.2 Å². The summed E-state index contributed by atoms with van der Waals surface area (Å²) in [4.78, 5) is 18.1. The van der Waals surface area contributed by atoms with Crippen molar-refractivity contribution in [2.24, 2.45) is 0 Å². The molecule has 6 heteroatoms. The summed E-state index contributed by atoms with van der Waals surface area (Å²) in [5.74, 6) is -0.00682. The molecule has 1 aliphatic carbocycles. The Morgan fingerprint density at radius 2 is 1.89 bits per heavy atom. The minimum atomic E-state index is -0.432. The number of fused-ring (bicyclic) bond motifs is 1. The van der Waals surface area contributed by atoms with Crippen LogP contribution in [0.25, 0.3) is 10.9 Å². The summed E-state index contributed by atoms with van der Waals surface area (Å²) in [5.41, 5.74) is 2.00. The number of hydrogen-bond donors (Lipinski definition) is 1. The van der Waals surface area contributed by atoms with Crippen LogP contribution in [0.15, 0.2) is 42.5 Å². The molecule has 0 spiro atoms. The molecule has 0 saturated heterocycles. The zero-order valence-corrected chi connectivity index (χ0v) is 16.0. The van der Waals surface area contributed by atoms with E-state index in [1.165, 1.54) is 20.3 Å². The molecule has 1 N–H and O–H groups in total. The number of esters is 1. The molecule has 1 saturated carbocycles. The van der Waals surface area contributed by atoms with Gasteiger partial charge in [-0.3, -0.25) is 0 Å². The van der Waals surface area contributed by atoms with Gasteiger partial charge in [-0.1, -0.05) is 31.0 Å². The molecule has 146 valence electrons. The van der Waals surface area contributed by atoms with Crippen molar-refractivity contribution in [3.05, 3.63) is 53.8 Å². The van der Waals surface area contributed by atoms with Crippen molar-refractivity contribution in [2.45, 2.75) is 31.7 Å². The topological polar surface area (TPSA) is 54.6 Å². The van der Waals surface area contributed by atoms with E-state index in [-0.39, 0.29) is 11.8 Å². The van der Waals surface area contributed by atoms with Crippen molar-refractivity contribution in [3.8, 4) is 5.75 Å². The summed E-state index contributed by atoms with van der Waals surface area (Å²) < 4.78 is 24.6. The van der Waals surface area contributed by atoms with Crippen LogP contribution in [-0.4, -0.2) is 31.2 Å². The van der Waals surface area contributed by atoms with Gasteiger partial charge in [-0.15, -0.1) is 0 Å². The number of anilines is 2. The Balaban J connectivity index is 1.92. The quantitative estimate of drug-likeness (QED) is 0.618. The summed E-state index contributed by atoms with van der Waals surface area (Å²) >= 11 is 0. The van der Waals surface area contributed by atoms with Crippen molar-refractivity contribution in [1.29, 1.82) is 0 Å². The monoisotopic (exact) mass is 382 g/mol. The van der Waals surface area contributed by atoms with Gasteiger partial charge in [0.15, 0.2) is 11.6 Å². The zero-order valence-electron chi connectivity index (χ0n) is 16.0. The molecule has 1 fully saturated rings. The van der Waals surface area contributed by atoms with E-state index in [1.54, 1.807) is 6.07 Å². The third kappa shape index (κ3) is 3.09. The fourth-order valence-corrected chi connectivity index (χ4v) is 4.11. The van der Waals surface area contributed by atoms with Gasteiger partial charge in [-0.05, 0) is 31.0 Å². The predicted octanol–water partition coefficient (Wildman–Crippen LogP) is 5.18. The van der Waals surface area contributed by atoms with Crippen LogP contribution in [0, 0.1) is 5.82 Å². The maximum Gasteiger partial charge on any atom is 0.342 e. The number of ether oxygens (including phenoxy) is 2. The first-order valence-corrected chi connectivity index (χ1v) is 9.46. The molecule has 1 heterocycles. The van der Waals surface area contributed by atoms with Gasteiger partial charge in [-0.2, -0.15) is 0 Å². The van der Waals surface area contributed by atoms with Crippen molar-refractivity contribution < 1.29 is 18.7 Å². The van der Waals surface area contributed by atoms with E-state index in [4.69, 9.17) is 9.47 Å². The summed E-state index contributed by atoms with van der Waals surface area (Å²) in [5, 5.41) is 0.793. The molecule has 0 bridgehead atoms. The Kier molecular flexibility index (Phi) is 4.94. The molecule has 0 atom stereocenters. The van der Waals surface area contributed by atoms with Crippen LogP contribution in [0.5, 0.6) is 5.75 Å². The van der Waals surface area contributed by atoms with Gasteiger partial charge < -0.3 is 19.4 Å². The molecule has 1 aliphatic rings. The Labute approximate surface area is 163 Å². The molecule has 3 aromatic rings. The number of hydrogen-bond acceptors (Lipinski definition) is 4. The van der Waals surface area contributed by atoms with Crippen LogP contribution >= 0.6 is 0 Å². The van der Waals surface area contributed by atoms with Crippen LogP contribution < -0.4 is 9.64 Å². The molecule has 0 unspecified atom stereocenters. The first kappa shape index (κ1) is 18.3. The van der Waals surface area contributed by atoms with Gasteiger partial charge >= 0.3 is 5.97 Å². The average Bonchev–Trinajstić information content (AvgIpc) is 3.36. The zero-order chi connectivity index (χ0) is 19.7. The van der Waals surface area contributed by atoms with Crippen LogP contribution in [0.3, 0.4) is 0 Å². The second-order valence-corrected chi connectivity index (χ2v) is 7.01. The van der Waals surface area contributed by atoms with Crippen molar-refractivity contribution in [2.75, 3.05) is 19.1 Å². The lowest BCUT2D eigenvalue weighted by Gasteiger charge is -2.31. The van der Waals surface area contributed by atoms with E-state index >= 15 is 0 Å². The second-order valence-electron chi connectivity index (χ2n) is 7.01. The number of carbonyl (C=O) groups is 1. The number of carbonyl (C=O) groups excluding carboxylic acids is 1. The number of nitrogens with zero attached hydrogens (tertiary/aromatic N) is 1. The van der Waals surface area contributed by atoms with E-state index in [0.29, 0.717) is 17.1 Å². The van der Waals surface area contributed by atoms with E-state index in [1.807, 2.05) is 35.2 Å². The SMILES string of the molecule is COC(=O)c1c(N(c2ccc(OC)c(F)c2)C2CCCC2)[nH]c2ccccc12. The van der Waals surface area contributed by atoms with Gasteiger partial charge in [-0.25, -0.2) is 9.18 Å². The summed E-state index contributed by atoms with van der Waals surface area (Å²) in [7, 11) is 2.82. The number of benzene rings is 2. The number of methoxy groups -OCH3 is 2. The number of nitrogens with one attached hydrogen (secondary N) is 1. The summed E-state index contributed by atoms with van der Waals surface area (Å²) in [6.07, 6.45) is 4.16. The fraction of sp³-hybridized carbons (Fsp3) is 0.318. The first-order valence-electron chi connectivity index (χ1n) is 9.46. The lowest BCUT2D eigenvalue weighted by Crippen LogP contribution is -2.30. The van der Waals surface area contributed by atoms with Crippen LogP contribution in [0.1, 0.15) is 36.0 Å². The third-order valence-electron chi connectivity index (χ3n) is 5.42. The smallest absolute Gasteiger partial charge is 0.342 e. The van der Waals surface area contributed by atoms with Gasteiger partial charge in [0.25, 0.3) is 0 Å². The first-order chi connectivity index (χ1) is 13.6. The largest absolute Gasteiger partial charge is 0.494 e. The van der Waals surface area contributed by atoms with Crippen molar-refractivity contribution in [1.82, 2.24) is 4.98 Å². The minimum absolute atomic E-state index is 0.171. The molecule has 1 aromatic heterocycles. The highest BCUT2D eigenvalue weighted by molar-refractivity contribution is 6.10. The van der Waals surface area contributed by atoms with Gasteiger partial charge in [0.2, 0.25) is 0 Å². The number of rotatable bonds is 5. The number of para-hydroxylation sites is 1. The van der Waals surface area contributed by atoms with E-state index in [9.17, 15) is 9.18 Å². The normalized spacial score (nSPS) is 14.4. The Morgan fingerprint density at radius 1 is 1.14 bits per heavy atom. The molecule has 0 amide bonds. The maximum absolute atomic E-state index is 14.5. The second kappa shape index (κ2) is 7.54. The van der Waals surface area contributed by atoms with Crippen LogP contribution in [-0.2, 0) is 4.74 Å².